The Kier molecular flexibility index (Phi) is 2.74. The van der Waals surface area contributed by atoms with E-state index in [2.05, 4.69) is 14.7 Å². The Bertz CT molecular complexity index is 522. The van der Waals surface area contributed by atoms with Gasteiger partial charge in [0.2, 0.25) is 5.89 Å². The predicted molar refractivity (Wildman–Crippen MR) is 53.0 cm³/mol. The molecule has 0 aliphatic rings. The first-order valence-corrected chi connectivity index (χ1v) is 4.70. The fourth-order valence-electron chi connectivity index (χ4n) is 1.45. The van der Waals surface area contributed by atoms with Crippen molar-refractivity contribution in [1.29, 1.82) is 0 Å². The molecule has 90 valence electrons. The number of alkyl halides is 3. The molecular formula is C10H8F3N3O. The van der Waals surface area contributed by atoms with Crippen LogP contribution in [0.4, 0.5) is 19.1 Å². The number of hydrogen-bond donors (Lipinski definition) is 1. The van der Waals surface area contributed by atoms with Gasteiger partial charge >= 0.3 is 6.18 Å². The van der Waals surface area contributed by atoms with Crippen molar-refractivity contribution < 1.29 is 17.7 Å². The van der Waals surface area contributed by atoms with Crippen LogP contribution in [0, 0.1) is 0 Å². The summed E-state index contributed by atoms with van der Waals surface area (Å²) in [6, 6.07) is 5.22. The zero-order valence-corrected chi connectivity index (χ0v) is 8.53. The molecule has 0 bridgehead atoms. The van der Waals surface area contributed by atoms with Gasteiger partial charge in [-0.15, -0.1) is 0 Å². The molecule has 0 fully saturated rings. The lowest BCUT2D eigenvalue weighted by Gasteiger charge is -2.10. The molecular weight excluding hydrogens is 235 g/mol. The number of aromatic nitrogens is 2. The number of benzene rings is 1. The van der Waals surface area contributed by atoms with Crippen molar-refractivity contribution in [2.24, 2.45) is 0 Å². The standard InChI is InChI=1S/C10H8F3N3O/c11-10(12,13)7-4-2-1-3-6(7)5-8-15-9(14)16-17-8/h1-4H,5H2,(H2,14,16). The summed E-state index contributed by atoms with van der Waals surface area (Å²) < 4.78 is 42.7. The van der Waals surface area contributed by atoms with Gasteiger partial charge in [0, 0.05) is 0 Å². The molecule has 0 aliphatic heterocycles. The second-order valence-electron chi connectivity index (χ2n) is 3.38. The fourth-order valence-corrected chi connectivity index (χ4v) is 1.45. The SMILES string of the molecule is Nc1noc(Cc2ccccc2C(F)(F)F)n1. The van der Waals surface area contributed by atoms with Crippen LogP contribution in [0.1, 0.15) is 17.0 Å². The molecule has 0 atom stereocenters. The van der Waals surface area contributed by atoms with E-state index in [1.165, 1.54) is 18.2 Å². The van der Waals surface area contributed by atoms with E-state index in [4.69, 9.17) is 5.73 Å². The van der Waals surface area contributed by atoms with Gasteiger partial charge in [-0.25, -0.2) is 0 Å². The van der Waals surface area contributed by atoms with Crippen LogP contribution >= 0.6 is 0 Å². The summed E-state index contributed by atoms with van der Waals surface area (Å²) in [6.45, 7) is 0. The van der Waals surface area contributed by atoms with Gasteiger partial charge in [0.15, 0.2) is 0 Å². The molecule has 1 heterocycles. The van der Waals surface area contributed by atoms with E-state index in [9.17, 15) is 13.2 Å². The molecule has 1 aromatic heterocycles. The summed E-state index contributed by atoms with van der Waals surface area (Å²) in [5.74, 6) is -0.0383. The summed E-state index contributed by atoms with van der Waals surface area (Å²) in [5, 5.41) is 3.32. The molecule has 4 nitrogen and oxygen atoms in total. The molecule has 0 spiro atoms. The van der Waals surface area contributed by atoms with Crippen LogP contribution in [-0.2, 0) is 12.6 Å². The van der Waals surface area contributed by atoms with E-state index < -0.39 is 11.7 Å². The number of anilines is 1. The molecule has 2 aromatic rings. The highest BCUT2D eigenvalue weighted by Crippen LogP contribution is 2.32. The number of nitrogen functional groups attached to an aromatic ring is 1. The lowest BCUT2D eigenvalue weighted by molar-refractivity contribution is -0.138. The Morgan fingerprint density at radius 1 is 1.24 bits per heavy atom. The third kappa shape index (κ3) is 2.55. The molecule has 1 aromatic carbocycles. The van der Waals surface area contributed by atoms with Crippen LogP contribution in [0.3, 0.4) is 0 Å². The number of nitrogens with two attached hydrogens (primary N) is 1. The lowest BCUT2D eigenvalue weighted by Crippen LogP contribution is -2.09. The van der Waals surface area contributed by atoms with Crippen LogP contribution in [0.15, 0.2) is 28.8 Å². The van der Waals surface area contributed by atoms with Crippen molar-refractivity contribution >= 4 is 5.95 Å². The van der Waals surface area contributed by atoms with Crippen LogP contribution in [-0.4, -0.2) is 10.1 Å². The molecule has 0 saturated carbocycles. The highest BCUT2D eigenvalue weighted by Gasteiger charge is 2.33. The number of hydrogen-bond acceptors (Lipinski definition) is 4. The minimum absolute atomic E-state index is 0.0548. The maximum absolute atomic E-state index is 12.7. The molecule has 0 saturated heterocycles. The first kappa shape index (κ1) is 11.4. The Morgan fingerprint density at radius 3 is 2.53 bits per heavy atom. The molecule has 2 N–H and O–H groups in total. The average molecular weight is 243 g/mol. The van der Waals surface area contributed by atoms with Gasteiger partial charge in [-0.05, 0) is 16.8 Å². The summed E-state index contributed by atoms with van der Waals surface area (Å²) in [5.41, 5.74) is 4.58. The average Bonchev–Trinajstić information content (AvgIpc) is 2.63. The van der Waals surface area contributed by atoms with Crippen LogP contribution in [0.2, 0.25) is 0 Å². The zero-order valence-electron chi connectivity index (χ0n) is 8.53. The summed E-state index contributed by atoms with van der Waals surface area (Å²) in [4.78, 5) is 3.66. The van der Waals surface area contributed by atoms with Crippen LogP contribution in [0.25, 0.3) is 0 Å². The molecule has 0 radical (unpaired) electrons. The minimum Gasteiger partial charge on any atom is -0.365 e. The highest BCUT2D eigenvalue weighted by molar-refractivity contribution is 5.31. The first-order chi connectivity index (χ1) is 7.97. The second-order valence-corrected chi connectivity index (χ2v) is 3.38. The first-order valence-electron chi connectivity index (χ1n) is 4.70. The van der Waals surface area contributed by atoms with Crippen molar-refractivity contribution in [3.63, 3.8) is 0 Å². The maximum atomic E-state index is 12.7. The Labute approximate surface area is 94.2 Å². The summed E-state index contributed by atoms with van der Waals surface area (Å²) in [7, 11) is 0. The Hall–Kier alpha value is -2.05. The van der Waals surface area contributed by atoms with Gasteiger partial charge in [-0.3, -0.25) is 0 Å². The Balaban J connectivity index is 2.33. The maximum Gasteiger partial charge on any atom is 0.416 e. The van der Waals surface area contributed by atoms with E-state index in [1.54, 1.807) is 0 Å². The summed E-state index contributed by atoms with van der Waals surface area (Å²) in [6.07, 6.45) is -4.50. The minimum atomic E-state index is -4.40. The molecule has 7 heteroatoms. The Morgan fingerprint density at radius 2 is 1.94 bits per heavy atom. The number of halogens is 3. The molecule has 0 unspecified atom stereocenters. The van der Waals surface area contributed by atoms with Crippen molar-refractivity contribution in [1.82, 2.24) is 10.1 Å². The van der Waals surface area contributed by atoms with E-state index in [-0.39, 0.29) is 23.8 Å². The lowest BCUT2D eigenvalue weighted by atomic mass is 10.0. The highest BCUT2D eigenvalue weighted by atomic mass is 19.4. The van der Waals surface area contributed by atoms with Crippen molar-refractivity contribution in [2.45, 2.75) is 12.6 Å². The van der Waals surface area contributed by atoms with E-state index in [0.717, 1.165) is 6.07 Å². The predicted octanol–water partition coefficient (Wildman–Crippen LogP) is 2.26. The van der Waals surface area contributed by atoms with E-state index in [0.29, 0.717) is 0 Å². The van der Waals surface area contributed by atoms with E-state index in [1.807, 2.05) is 0 Å². The van der Waals surface area contributed by atoms with Crippen LogP contribution in [0.5, 0.6) is 0 Å². The molecule has 17 heavy (non-hydrogen) atoms. The smallest absolute Gasteiger partial charge is 0.365 e. The molecule has 2 rings (SSSR count). The third-order valence-corrected chi connectivity index (χ3v) is 2.15. The monoisotopic (exact) mass is 243 g/mol. The number of nitrogens with zero attached hydrogens (tertiary/aromatic N) is 2. The van der Waals surface area contributed by atoms with Gasteiger partial charge in [-0.2, -0.15) is 18.2 Å². The second kappa shape index (κ2) is 4.08. The number of rotatable bonds is 2. The molecule has 0 amide bonds. The quantitative estimate of drug-likeness (QED) is 0.878. The van der Waals surface area contributed by atoms with E-state index >= 15 is 0 Å². The van der Waals surface area contributed by atoms with Gasteiger partial charge in [0.1, 0.15) is 0 Å². The zero-order chi connectivity index (χ0) is 12.5. The summed E-state index contributed by atoms with van der Waals surface area (Å²) >= 11 is 0. The largest absolute Gasteiger partial charge is 0.416 e. The van der Waals surface area contributed by atoms with Crippen LogP contribution < -0.4 is 5.73 Å². The van der Waals surface area contributed by atoms with Crippen molar-refractivity contribution in [3.8, 4) is 0 Å². The normalized spacial score (nSPS) is 11.7. The third-order valence-electron chi connectivity index (χ3n) is 2.15. The van der Waals surface area contributed by atoms with Gasteiger partial charge in [-0.1, -0.05) is 18.2 Å². The van der Waals surface area contributed by atoms with Gasteiger partial charge in [0.05, 0.1) is 12.0 Å². The molecule has 0 aliphatic carbocycles. The van der Waals surface area contributed by atoms with Gasteiger partial charge in [0.25, 0.3) is 5.95 Å². The fraction of sp³-hybridized carbons (Fsp3) is 0.200. The topological polar surface area (TPSA) is 64.9 Å². The van der Waals surface area contributed by atoms with Gasteiger partial charge < -0.3 is 10.3 Å². The van der Waals surface area contributed by atoms with Crippen molar-refractivity contribution in [3.05, 3.63) is 41.3 Å². The van der Waals surface area contributed by atoms with Crippen molar-refractivity contribution in [2.75, 3.05) is 5.73 Å².